The Balaban J connectivity index is 1.01. The predicted octanol–water partition coefficient (Wildman–Crippen LogP) is 9.51. The lowest BCUT2D eigenvalue weighted by atomic mass is 9.80. The molecule has 0 bridgehead atoms. The van der Waals surface area contributed by atoms with Crippen molar-refractivity contribution >= 4 is 67.8 Å². The second-order valence-corrected chi connectivity index (χ2v) is 19.3. The monoisotopic (exact) mass is 972 g/mol. The minimum Gasteiger partial charge on any atom is -0.464 e. The summed E-state index contributed by atoms with van der Waals surface area (Å²) in [6.07, 6.45) is -0.0128. The van der Waals surface area contributed by atoms with E-state index in [-0.39, 0.29) is 39.4 Å². The lowest BCUT2D eigenvalue weighted by molar-refractivity contribution is -0.196. The van der Waals surface area contributed by atoms with E-state index in [1.54, 1.807) is 42.4 Å². The molecule has 3 atom stereocenters. The molecule has 1 aliphatic heterocycles. The van der Waals surface area contributed by atoms with Gasteiger partial charge in [0, 0.05) is 43.6 Å². The van der Waals surface area contributed by atoms with Crippen molar-refractivity contribution in [1.29, 1.82) is 0 Å². The van der Waals surface area contributed by atoms with E-state index in [1.165, 1.54) is 25.1 Å². The van der Waals surface area contributed by atoms with Gasteiger partial charge in [-0.15, -0.1) is 0 Å². The van der Waals surface area contributed by atoms with E-state index in [0.717, 1.165) is 28.3 Å². The van der Waals surface area contributed by atoms with Crippen molar-refractivity contribution in [3.63, 3.8) is 0 Å². The molecule has 0 spiro atoms. The Morgan fingerprint density at radius 1 is 0.765 bits per heavy atom. The smallest absolute Gasteiger partial charge is 0.338 e. The third-order valence-electron chi connectivity index (χ3n) is 11.8. The standard InChI is InChI=1S/C53H46Cl2N2O10S/c1-33(67-53(39-15-7-4-8-16-39,40-17-9-5-10-18-40)41-19-11-6-12-20-41)51(60)65-34(2)66-52(61)45(29-35-14-13-21-42(28-35)68(3,62)63)56-49(58)47-44(54)30-38-32-57(26-24-43(38)48(47)55)50(59)37-23-22-36-25-27-64-46(36)31-37/h4-23,25,27-28,30-31,33-34,45H,24,26,29,32H2,1-3H3,(H,56,58)/t33?,34?,45-/m0/s1. The molecule has 0 saturated carbocycles. The van der Waals surface area contributed by atoms with Gasteiger partial charge in [-0.3, -0.25) is 9.59 Å². The van der Waals surface area contributed by atoms with Crippen molar-refractivity contribution < 1.29 is 46.2 Å². The molecule has 1 aromatic heterocycles. The van der Waals surface area contributed by atoms with Crippen LogP contribution in [0.1, 0.15) is 67.9 Å². The Labute approximate surface area is 403 Å². The quantitative estimate of drug-likeness (QED) is 0.0596. The molecule has 1 N–H and O–H groups in total. The van der Waals surface area contributed by atoms with E-state index in [1.807, 2.05) is 103 Å². The van der Waals surface area contributed by atoms with Crippen molar-refractivity contribution in [2.75, 3.05) is 12.8 Å². The summed E-state index contributed by atoms with van der Waals surface area (Å²) < 4.78 is 48.6. The van der Waals surface area contributed by atoms with Crippen LogP contribution in [-0.2, 0) is 58.6 Å². The Bertz CT molecular complexity index is 3010. The molecular weight excluding hydrogens is 928 g/mol. The second kappa shape index (κ2) is 20.2. The van der Waals surface area contributed by atoms with Crippen LogP contribution in [0.2, 0.25) is 10.0 Å². The molecule has 0 fully saturated rings. The van der Waals surface area contributed by atoms with E-state index >= 15 is 0 Å². The number of hydrogen-bond acceptors (Lipinski definition) is 10. The van der Waals surface area contributed by atoms with E-state index in [9.17, 15) is 27.6 Å². The first-order valence-corrected chi connectivity index (χ1v) is 24.4. The third kappa shape index (κ3) is 10.2. The van der Waals surface area contributed by atoms with Crippen molar-refractivity contribution in [2.24, 2.45) is 0 Å². The summed E-state index contributed by atoms with van der Waals surface area (Å²) >= 11 is 13.7. The number of carbonyl (C=O) groups is 4. The zero-order valence-corrected chi connectivity index (χ0v) is 39.5. The second-order valence-electron chi connectivity index (χ2n) is 16.5. The normalized spacial score (nSPS) is 14.0. The first-order valence-electron chi connectivity index (χ1n) is 21.7. The predicted molar refractivity (Wildman–Crippen MR) is 257 cm³/mol. The minimum absolute atomic E-state index is 0.00266. The number of amides is 2. The number of benzene rings is 6. The van der Waals surface area contributed by atoms with Gasteiger partial charge >= 0.3 is 11.9 Å². The highest BCUT2D eigenvalue weighted by molar-refractivity contribution is 7.90. The molecule has 8 rings (SSSR count). The van der Waals surface area contributed by atoms with Gasteiger partial charge in [-0.1, -0.05) is 132 Å². The maximum atomic E-state index is 14.2. The number of carbonyl (C=O) groups excluding carboxylic acids is 4. The molecule has 0 saturated heterocycles. The number of fused-ring (bicyclic) bond motifs is 2. The largest absolute Gasteiger partial charge is 0.464 e. The van der Waals surface area contributed by atoms with Crippen LogP contribution in [0.5, 0.6) is 0 Å². The number of nitrogens with zero attached hydrogens (tertiary/aromatic N) is 1. The van der Waals surface area contributed by atoms with Gasteiger partial charge in [-0.05, 0) is 83.1 Å². The molecule has 2 unspecified atom stereocenters. The van der Waals surface area contributed by atoms with Crippen molar-refractivity contribution in [2.45, 2.75) is 62.2 Å². The van der Waals surface area contributed by atoms with E-state index in [0.29, 0.717) is 40.8 Å². The fourth-order valence-electron chi connectivity index (χ4n) is 8.43. The van der Waals surface area contributed by atoms with Crippen LogP contribution in [-0.4, -0.2) is 68.3 Å². The van der Waals surface area contributed by atoms with Crippen LogP contribution in [0.3, 0.4) is 0 Å². The highest BCUT2D eigenvalue weighted by Gasteiger charge is 2.41. The molecule has 0 aliphatic carbocycles. The number of nitrogens with one attached hydrogen (secondary N) is 1. The zero-order chi connectivity index (χ0) is 48.2. The summed E-state index contributed by atoms with van der Waals surface area (Å²) in [6.45, 7) is 3.36. The average Bonchev–Trinajstić information content (AvgIpc) is 3.81. The van der Waals surface area contributed by atoms with Gasteiger partial charge in [0.1, 0.15) is 17.2 Å². The molecule has 68 heavy (non-hydrogen) atoms. The number of hydrogen-bond donors (Lipinski definition) is 1. The minimum atomic E-state index is -3.64. The fraction of sp³-hybridized carbons (Fsp3) is 0.208. The van der Waals surface area contributed by atoms with Crippen LogP contribution in [0.4, 0.5) is 0 Å². The number of esters is 2. The van der Waals surface area contributed by atoms with Crippen LogP contribution >= 0.6 is 23.2 Å². The number of rotatable bonds is 15. The molecule has 12 nitrogen and oxygen atoms in total. The Morgan fingerprint density at radius 2 is 1.38 bits per heavy atom. The molecular formula is C53H46Cl2N2O10S. The van der Waals surface area contributed by atoms with Gasteiger partial charge in [-0.2, -0.15) is 0 Å². The Morgan fingerprint density at radius 3 is 2.00 bits per heavy atom. The van der Waals surface area contributed by atoms with Gasteiger partial charge in [0.2, 0.25) is 6.29 Å². The molecule has 2 heterocycles. The van der Waals surface area contributed by atoms with Crippen molar-refractivity contribution in [3.05, 3.63) is 206 Å². The van der Waals surface area contributed by atoms with Gasteiger partial charge in [-0.25, -0.2) is 18.0 Å². The highest BCUT2D eigenvalue weighted by Crippen LogP contribution is 2.42. The molecule has 348 valence electrons. The first-order chi connectivity index (χ1) is 32.6. The van der Waals surface area contributed by atoms with Crippen LogP contribution < -0.4 is 5.32 Å². The summed E-state index contributed by atoms with van der Waals surface area (Å²) in [7, 11) is -3.64. The third-order valence-corrected chi connectivity index (χ3v) is 13.6. The van der Waals surface area contributed by atoms with E-state index < -0.39 is 51.7 Å². The number of sulfone groups is 1. The summed E-state index contributed by atoms with van der Waals surface area (Å²) in [5.74, 6) is -2.88. The first kappa shape index (κ1) is 47.7. The number of furan rings is 1. The lowest BCUT2D eigenvalue weighted by Gasteiger charge is -2.37. The maximum absolute atomic E-state index is 14.2. The topological polar surface area (TPSA) is 159 Å². The van der Waals surface area contributed by atoms with E-state index in [4.69, 9.17) is 41.8 Å². The highest BCUT2D eigenvalue weighted by atomic mass is 35.5. The van der Waals surface area contributed by atoms with Crippen LogP contribution in [0, 0.1) is 0 Å². The molecule has 0 radical (unpaired) electrons. The molecule has 1 aliphatic rings. The Kier molecular flexibility index (Phi) is 14.2. The molecule has 2 amide bonds. The van der Waals surface area contributed by atoms with Crippen LogP contribution in [0.25, 0.3) is 11.0 Å². The van der Waals surface area contributed by atoms with E-state index in [2.05, 4.69) is 5.32 Å². The van der Waals surface area contributed by atoms with Gasteiger partial charge in [0.05, 0.1) is 26.8 Å². The van der Waals surface area contributed by atoms with Crippen molar-refractivity contribution in [1.82, 2.24) is 10.2 Å². The lowest BCUT2D eigenvalue weighted by Crippen LogP contribution is -2.45. The number of ether oxygens (including phenoxy) is 3. The Hall–Kier alpha value is -6.77. The number of halogens is 2. The molecule has 15 heteroatoms. The summed E-state index contributed by atoms with van der Waals surface area (Å²) in [5, 5.41) is 3.58. The summed E-state index contributed by atoms with van der Waals surface area (Å²) in [4.78, 5) is 57.5. The summed E-state index contributed by atoms with van der Waals surface area (Å²) in [6, 6.07) is 41.5. The van der Waals surface area contributed by atoms with Crippen molar-refractivity contribution in [3.8, 4) is 0 Å². The fourth-order valence-corrected chi connectivity index (χ4v) is 9.89. The van der Waals surface area contributed by atoms with Gasteiger partial charge in [0.15, 0.2) is 15.9 Å². The average molecular weight is 974 g/mol. The van der Waals surface area contributed by atoms with Gasteiger partial charge in [0.25, 0.3) is 11.8 Å². The maximum Gasteiger partial charge on any atom is 0.338 e. The van der Waals surface area contributed by atoms with Gasteiger partial charge < -0.3 is 28.8 Å². The molecule has 7 aromatic rings. The summed E-state index contributed by atoms with van der Waals surface area (Å²) in [5.41, 5.74) is 3.56. The zero-order valence-electron chi connectivity index (χ0n) is 37.2. The SMILES string of the molecule is CC(OC(=O)C(C)OC(c1ccccc1)(c1ccccc1)c1ccccc1)OC(=O)[C@H](Cc1cccc(S(C)(=O)=O)c1)NC(=O)c1c(Cl)cc2c(c1Cl)CCN(C(=O)c1ccc3ccoc3c1)C2. The van der Waals surface area contributed by atoms with Crippen LogP contribution in [0.15, 0.2) is 161 Å². The molecule has 6 aromatic carbocycles.